The molecule has 0 heterocycles. The van der Waals surface area contributed by atoms with Gasteiger partial charge in [0.15, 0.2) is 0 Å². The van der Waals surface area contributed by atoms with Crippen molar-refractivity contribution in [1.82, 2.24) is 0 Å². The normalized spacial score (nSPS) is 17.1. The van der Waals surface area contributed by atoms with Crippen LogP contribution in [-0.4, -0.2) is 17.1 Å². The molecule has 0 saturated carbocycles. The molecule has 0 rings (SSSR count). The van der Waals surface area contributed by atoms with Crippen molar-refractivity contribution in [3.05, 3.63) is 0 Å². The topological polar surface area (TPSA) is 9.23 Å². The van der Waals surface area contributed by atoms with Crippen LogP contribution in [0.5, 0.6) is 0 Å². The summed E-state index contributed by atoms with van der Waals surface area (Å²) >= 11 is 0. The third kappa shape index (κ3) is 3.37. The first-order chi connectivity index (χ1) is 4.68. The third-order valence-corrected chi connectivity index (χ3v) is 2.49. The fourth-order valence-electron chi connectivity index (χ4n) is 1.30. The largest absolute Gasteiger partial charge is 0.427 e. The molecule has 62 valence electrons. The molecule has 0 aliphatic rings. The van der Waals surface area contributed by atoms with Crippen LogP contribution in [0.4, 0.5) is 0 Å². The summed E-state index contributed by atoms with van der Waals surface area (Å²) < 4.78 is 5.29. The molecule has 0 radical (unpaired) electrons. The lowest BCUT2D eigenvalue weighted by atomic mass is 9.84. The molecule has 0 N–H and O–H groups in total. The van der Waals surface area contributed by atoms with Gasteiger partial charge in [-0.2, -0.15) is 0 Å². The molecule has 0 aliphatic carbocycles. The fourth-order valence-corrected chi connectivity index (χ4v) is 2.00. The van der Waals surface area contributed by atoms with Gasteiger partial charge in [0.2, 0.25) is 0 Å². The van der Waals surface area contributed by atoms with Gasteiger partial charge in [0.05, 0.1) is 0 Å². The molecule has 1 nitrogen and oxygen atoms in total. The predicted octanol–water partition coefficient (Wildman–Crippen LogP) is 1.50. The Bertz CT molecular complexity index is 77.3. The Hall–Kier alpha value is 0.177. The van der Waals surface area contributed by atoms with Crippen LogP contribution in [0, 0.1) is 5.41 Å². The first-order valence-electron chi connectivity index (χ1n) is 4.17. The summed E-state index contributed by atoms with van der Waals surface area (Å²) in [7, 11) is 0.882. The highest BCUT2D eigenvalue weighted by Crippen LogP contribution is 2.26. The van der Waals surface area contributed by atoms with Gasteiger partial charge in [-0.3, -0.25) is 0 Å². The Balaban J connectivity index is 3.69. The van der Waals surface area contributed by atoms with Crippen LogP contribution < -0.4 is 0 Å². The molecule has 0 amide bonds. The first-order valence-corrected chi connectivity index (χ1v) is 4.99. The van der Waals surface area contributed by atoms with E-state index in [1.165, 1.54) is 19.3 Å². The quantitative estimate of drug-likeness (QED) is 0.554. The predicted molar refractivity (Wildman–Crippen MR) is 49.2 cm³/mol. The van der Waals surface area contributed by atoms with Crippen molar-refractivity contribution in [1.29, 1.82) is 0 Å². The van der Waals surface area contributed by atoms with Crippen molar-refractivity contribution in [2.24, 2.45) is 5.41 Å². The monoisotopic (exact) mass is 160 g/mol. The molecular formula is C8H20OSi. The Morgan fingerprint density at radius 1 is 1.40 bits per heavy atom. The molecular weight excluding hydrogens is 140 g/mol. The summed E-state index contributed by atoms with van der Waals surface area (Å²) in [5.74, 6) is 0. The molecule has 0 aromatic rings. The van der Waals surface area contributed by atoms with Crippen molar-refractivity contribution in [2.45, 2.75) is 40.0 Å². The highest BCUT2D eigenvalue weighted by Gasteiger charge is 2.19. The van der Waals surface area contributed by atoms with E-state index in [0.717, 1.165) is 17.1 Å². The van der Waals surface area contributed by atoms with Crippen LogP contribution in [0.15, 0.2) is 0 Å². The zero-order valence-electron chi connectivity index (χ0n) is 7.74. The van der Waals surface area contributed by atoms with Crippen molar-refractivity contribution < 1.29 is 4.43 Å². The van der Waals surface area contributed by atoms with Gasteiger partial charge in [-0.25, -0.2) is 0 Å². The summed E-state index contributed by atoms with van der Waals surface area (Å²) in [6, 6.07) is 0. The van der Waals surface area contributed by atoms with Crippen molar-refractivity contribution in [2.75, 3.05) is 6.61 Å². The van der Waals surface area contributed by atoms with Crippen molar-refractivity contribution in [3.8, 4) is 0 Å². The lowest BCUT2D eigenvalue weighted by Crippen LogP contribution is -2.21. The summed E-state index contributed by atoms with van der Waals surface area (Å²) in [5, 5.41) is 0. The van der Waals surface area contributed by atoms with Crippen molar-refractivity contribution in [3.63, 3.8) is 0 Å². The smallest absolute Gasteiger partial charge is 0.145 e. The van der Waals surface area contributed by atoms with Crippen molar-refractivity contribution >= 4 is 10.5 Å². The summed E-state index contributed by atoms with van der Waals surface area (Å²) in [5.41, 5.74) is 0.455. The van der Waals surface area contributed by atoms with E-state index in [4.69, 9.17) is 4.43 Å². The van der Waals surface area contributed by atoms with E-state index in [-0.39, 0.29) is 0 Å². The van der Waals surface area contributed by atoms with Gasteiger partial charge in [0.25, 0.3) is 0 Å². The summed E-state index contributed by atoms with van der Waals surface area (Å²) in [4.78, 5) is 0. The maximum atomic E-state index is 5.29. The van der Waals surface area contributed by atoms with Gasteiger partial charge in [0.1, 0.15) is 10.5 Å². The molecule has 0 aromatic heterocycles. The molecule has 1 unspecified atom stereocenters. The summed E-state index contributed by atoms with van der Waals surface area (Å²) in [6.07, 6.45) is 3.81. The Labute approximate surface area is 67.7 Å². The third-order valence-electron chi connectivity index (χ3n) is 2.20. The van der Waals surface area contributed by atoms with E-state index in [2.05, 4.69) is 20.8 Å². The second-order valence-corrected chi connectivity index (χ2v) is 3.92. The Morgan fingerprint density at radius 3 is 2.30 bits per heavy atom. The van der Waals surface area contributed by atoms with Crippen LogP contribution in [0.1, 0.15) is 40.0 Å². The van der Waals surface area contributed by atoms with Gasteiger partial charge in [-0.1, -0.05) is 27.2 Å². The minimum absolute atomic E-state index is 0.455. The zero-order valence-corrected chi connectivity index (χ0v) is 9.74. The van der Waals surface area contributed by atoms with E-state index in [1.54, 1.807) is 0 Å². The average molecular weight is 160 g/mol. The van der Waals surface area contributed by atoms with Crippen LogP contribution in [0.2, 0.25) is 0 Å². The van der Waals surface area contributed by atoms with Crippen LogP contribution >= 0.6 is 0 Å². The Morgan fingerprint density at radius 2 is 2.00 bits per heavy atom. The van der Waals surface area contributed by atoms with Gasteiger partial charge in [-0.15, -0.1) is 0 Å². The van der Waals surface area contributed by atoms with E-state index < -0.39 is 0 Å². The molecule has 0 fully saturated rings. The van der Waals surface area contributed by atoms with Gasteiger partial charge in [0, 0.05) is 6.61 Å². The lowest BCUT2D eigenvalue weighted by Gasteiger charge is -2.26. The standard InChI is InChI=1S/C8H20OSi/c1-4-6-8(3,5-2)7-9-10/h4-7H2,1-3,10H3. The molecule has 0 aliphatic heterocycles. The van der Waals surface area contributed by atoms with Gasteiger partial charge in [-0.05, 0) is 18.3 Å². The fraction of sp³-hybridized carbons (Fsp3) is 1.00. The second-order valence-electron chi connectivity index (χ2n) is 3.35. The van der Waals surface area contributed by atoms with Crippen LogP contribution in [0.25, 0.3) is 0 Å². The Kier molecular flexibility index (Phi) is 5.00. The minimum atomic E-state index is 0.455. The second kappa shape index (κ2) is 4.91. The van der Waals surface area contributed by atoms with Gasteiger partial charge < -0.3 is 4.43 Å². The number of rotatable bonds is 5. The first kappa shape index (κ1) is 10.2. The molecule has 10 heavy (non-hydrogen) atoms. The number of hydrogen-bond acceptors (Lipinski definition) is 1. The molecule has 2 heteroatoms. The molecule has 0 saturated heterocycles. The van der Waals surface area contributed by atoms with E-state index in [1.807, 2.05) is 0 Å². The van der Waals surface area contributed by atoms with E-state index in [0.29, 0.717) is 5.41 Å². The van der Waals surface area contributed by atoms with E-state index in [9.17, 15) is 0 Å². The molecule has 0 bridgehead atoms. The number of hydrogen-bond donors (Lipinski definition) is 0. The lowest BCUT2D eigenvalue weighted by molar-refractivity contribution is 0.155. The highest BCUT2D eigenvalue weighted by molar-refractivity contribution is 5.97. The summed E-state index contributed by atoms with van der Waals surface area (Å²) in [6.45, 7) is 7.76. The zero-order chi connectivity index (χ0) is 8.04. The molecule has 1 atom stereocenters. The SMILES string of the molecule is CCCC(C)(CC)CO[SiH3]. The maximum absolute atomic E-state index is 5.29. The molecule has 0 spiro atoms. The van der Waals surface area contributed by atoms with Gasteiger partial charge >= 0.3 is 0 Å². The average Bonchev–Trinajstić information content (AvgIpc) is 1.89. The minimum Gasteiger partial charge on any atom is -0.427 e. The highest BCUT2D eigenvalue weighted by atomic mass is 28.2. The van der Waals surface area contributed by atoms with E-state index >= 15 is 0 Å². The van der Waals surface area contributed by atoms with Crippen LogP contribution in [0.3, 0.4) is 0 Å². The van der Waals surface area contributed by atoms with Crippen LogP contribution in [-0.2, 0) is 4.43 Å². The molecule has 0 aromatic carbocycles. The maximum Gasteiger partial charge on any atom is 0.145 e.